The van der Waals surface area contributed by atoms with Crippen LogP contribution in [0.4, 0.5) is 0 Å². The Balaban J connectivity index is 1.70. The maximum Gasteiger partial charge on any atom is 0.246 e. The van der Waals surface area contributed by atoms with Crippen molar-refractivity contribution in [3.63, 3.8) is 0 Å². The quantitative estimate of drug-likeness (QED) is 0.766. The van der Waals surface area contributed by atoms with Gasteiger partial charge in [0, 0.05) is 12.6 Å². The fourth-order valence-electron chi connectivity index (χ4n) is 3.33. The number of benzene rings is 1. The fraction of sp³-hybridized carbons (Fsp3) is 0.526. The first-order valence-corrected chi connectivity index (χ1v) is 8.67. The molecule has 1 aromatic carbocycles. The Morgan fingerprint density at radius 1 is 1.16 bits per heavy atom. The molecule has 2 aliphatic rings. The number of rotatable bonds is 5. The molecule has 0 saturated carbocycles. The highest BCUT2D eigenvalue weighted by Crippen LogP contribution is 2.28. The number of methoxy groups -OCH3 is 2. The van der Waals surface area contributed by atoms with Crippen molar-refractivity contribution in [2.75, 3.05) is 34.0 Å². The number of hydrogen-bond donors (Lipinski definition) is 0. The van der Waals surface area contributed by atoms with Crippen LogP contribution in [-0.2, 0) is 14.3 Å². The average molecular weight is 347 g/mol. The number of ether oxygens (including phenoxy) is 4. The molecule has 2 saturated heterocycles. The SMILES string of the molecule is COc1ccc(/C=C/C(=O)N2CCCC[C@H]2C2OCCO2)cc1OC. The zero-order valence-electron chi connectivity index (χ0n) is 14.8. The van der Waals surface area contributed by atoms with Gasteiger partial charge >= 0.3 is 0 Å². The van der Waals surface area contributed by atoms with Crippen molar-refractivity contribution >= 4 is 12.0 Å². The van der Waals surface area contributed by atoms with Gasteiger partial charge in [-0.05, 0) is 43.0 Å². The number of carbonyl (C=O) groups is 1. The maximum absolute atomic E-state index is 12.7. The van der Waals surface area contributed by atoms with E-state index in [1.807, 2.05) is 23.1 Å². The minimum Gasteiger partial charge on any atom is -0.493 e. The van der Waals surface area contributed by atoms with E-state index in [-0.39, 0.29) is 18.2 Å². The number of nitrogens with zero attached hydrogens (tertiary/aromatic N) is 1. The summed E-state index contributed by atoms with van der Waals surface area (Å²) >= 11 is 0. The molecule has 0 radical (unpaired) electrons. The van der Waals surface area contributed by atoms with E-state index in [1.54, 1.807) is 26.4 Å². The van der Waals surface area contributed by atoms with Crippen LogP contribution in [0.3, 0.4) is 0 Å². The first-order valence-electron chi connectivity index (χ1n) is 8.67. The van der Waals surface area contributed by atoms with Gasteiger partial charge in [-0.25, -0.2) is 0 Å². The summed E-state index contributed by atoms with van der Waals surface area (Å²) in [4.78, 5) is 14.6. The Kier molecular flexibility index (Phi) is 5.94. The van der Waals surface area contributed by atoms with Crippen LogP contribution in [0.25, 0.3) is 6.08 Å². The van der Waals surface area contributed by atoms with Gasteiger partial charge in [-0.15, -0.1) is 0 Å². The molecular weight excluding hydrogens is 322 g/mol. The van der Waals surface area contributed by atoms with E-state index in [4.69, 9.17) is 18.9 Å². The second-order valence-corrected chi connectivity index (χ2v) is 6.15. The number of amides is 1. The molecule has 2 fully saturated rings. The van der Waals surface area contributed by atoms with Crippen LogP contribution in [-0.4, -0.2) is 57.1 Å². The zero-order valence-corrected chi connectivity index (χ0v) is 14.8. The van der Waals surface area contributed by atoms with E-state index >= 15 is 0 Å². The van der Waals surface area contributed by atoms with Crippen molar-refractivity contribution in [3.05, 3.63) is 29.8 Å². The van der Waals surface area contributed by atoms with Crippen LogP contribution < -0.4 is 9.47 Å². The van der Waals surface area contributed by atoms with Gasteiger partial charge in [0.25, 0.3) is 0 Å². The molecule has 2 heterocycles. The van der Waals surface area contributed by atoms with Crippen molar-refractivity contribution in [3.8, 4) is 11.5 Å². The lowest BCUT2D eigenvalue weighted by Crippen LogP contribution is -2.49. The summed E-state index contributed by atoms with van der Waals surface area (Å²) in [7, 11) is 3.19. The third-order valence-electron chi connectivity index (χ3n) is 4.62. The summed E-state index contributed by atoms with van der Waals surface area (Å²) < 4.78 is 21.8. The molecule has 0 spiro atoms. The molecule has 3 rings (SSSR count). The van der Waals surface area contributed by atoms with Gasteiger partial charge in [-0.1, -0.05) is 6.07 Å². The highest BCUT2D eigenvalue weighted by Gasteiger charge is 2.35. The number of piperidine rings is 1. The molecule has 136 valence electrons. The lowest BCUT2D eigenvalue weighted by molar-refractivity contribution is -0.145. The van der Waals surface area contributed by atoms with Crippen LogP contribution >= 0.6 is 0 Å². The third kappa shape index (κ3) is 4.14. The predicted octanol–water partition coefficient (Wildman–Crippen LogP) is 2.47. The van der Waals surface area contributed by atoms with Crippen LogP contribution in [0.2, 0.25) is 0 Å². The predicted molar refractivity (Wildman–Crippen MR) is 93.6 cm³/mol. The summed E-state index contributed by atoms with van der Waals surface area (Å²) in [5.41, 5.74) is 0.882. The van der Waals surface area contributed by atoms with E-state index < -0.39 is 0 Å². The van der Waals surface area contributed by atoms with Crippen LogP contribution in [0, 0.1) is 0 Å². The minimum atomic E-state index is -0.293. The Bertz CT molecular complexity index is 624. The summed E-state index contributed by atoms with van der Waals surface area (Å²) in [6, 6.07) is 5.56. The molecular formula is C19H25NO5. The van der Waals surface area contributed by atoms with Gasteiger partial charge in [0.1, 0.15) is 0 Å². The second kappa shape index (κ2) is 8.36. The largest absolute Gasteiger partial charge is 0.493 e. The van der Waals surface area contributed by atoms with Crippen molar-refractivity contribution in [1.82, 2.24) is 4.90 Å². The first-order chi connectivity index (χ1) is 12.2. The van der Waals surface area contributed by atoms with Gasteiger partial charge in [0.05, 0.1) is 33.5 Å². The highest BCUT2D eigenvalue weighted by atomic mass is 16.7. The molecule has 0 aliphatic carbocycles. The highest BCUT2D eigenvalue weighted by molar-refractivity contribution is 5.92. The molecule has 6 heteroatoms. The van der Waals surface area contributed by atoms with E-state index in [9.17, 15) is 4.79 Å². The molecule has 1 aromatic rings. The summed E-state index contributed by atoms with van der Waals surface area (Å²) in [5.74, 6) is 1.29. The topological polar surface area (TPSA) is 57.2 Å². The monoisotopic (exact) mass is 347 g/mol. The molecule has 0 aromatic heterocycles. The molecule has 1 amide bonds. The normalized spacial score (nSPS) is 21.7. The minimum absolute atomic E-state index is 0.00111. The van der Waals surface area contributed by atoms with Crippen LogP contribution in [0.15, 0.2) is 24.3 Å². The lowest BCUT2D eigenvalue weighted by atomic mass is 10.0. The Morgan fingerprint density at radius 2 is 1.92 bits per heavy atom. The average Bonchev–Trinajstić information content (AvgIpc) is 3.20. The number of carbonyl (C=O) groups excluding carboxylic acids is 1. The Labute approximate surface area is 148 Å². The lowest BCUT2D eigenvalue weighted by Gasteiger charge is -2.37. The summed E-state index contributed by atoms with van der Waals surface area (Å²) in [6.07, 6.45) is 6.14. The summed E-state index contributed by atoms with van der Waals surface area (Å²) in [6.45, 7) is 1.94. The van der Waals surface area contributed by atoms with Gasteiger partial charge in [0.2, 0.25) is 5.91 Å². The van der Waals surface area contributed by atoms with E-state index in [0.717, 1.165) is 31.4 Å². The van der Waals surface area contributed by atoms with Gasteiger partial charge < -0.3 is 23.8 Å². The maximum atomic E-state index is 12.7. The molecule has 0 N–H and O–H groups in total. The van der Waals surface area contributed by atoms with Crippen molar-refractivity contribution in [1.29, 1.82) is 0 Å². The number of hydrogen-bond acceptors (Lipinski definition) is 5. The van der Waals surface area contributed by atoms with E-state index in [0.29, 0.717) is 24.7 Å². The summed E-state index contributed by atoms with van der Waals surface area (Å²) in [5, 5.41) is 0. The fourth-order valence-corrected chi connectivity index (χ4v) is 3.33. The van der Waals surface area contributed by atoms with Crippen LogP contribution in [0.5, 0.6) is 11.5 Å². The first kappa shape index (κ1) is 17.8. The van der Waals surface area contributed by atoms with Gasteiger partial charge in [0.15, 0.2) is 17.8 Å². The molecule has 1 atom stereocenters. The standard InChI is InChI=1S/C19H25NO5/c1-22-16-8-6-14(13-17(16)23-2)7-9-18(21)20-10-4-3-5-15(20)19-24-11-12-25-19/h6-9,13,15,19H,3-5,10-12H2,1-2H3/b9-7+/t15-/m0/s1. The third-order valence-corrected chi connectivity index (χ3v) is 4.62. The van der Waals surface area contributed by atoms with Gasteiger partial charge in [-0.2, -0.15) is 0 Å². The molecule has 0 unspecified atom stereocenters. The molecule has 6 nitrogen and oxygen atoms in total. The van der Waals surface area contributed by atoms with Gasteiger partial charge in [-0.3, -0.25) is 4.79 Å². The molecule has 2 aliphatic heterocycles. The van der Waals surface area contributed by atoms with Crippen molar-refractivity contribution in [2.45, 2.75) is 31.6 Å². The van der Waals surface area contributed by atoms with Crippen LogP contribution in [0.1, 0.15) is 24.8 Å². The number of likely N-dealkylation sites (tertiary alicyclic amines) is 1. The van der Waals surface area contributed by atoms with Crippen molar-refractivity contribution in [2.24, 2.45) is 0 Å². The molecule has 0 bridgehead atoms. The van der Waals surface area contributed by atoms with E-state index in [2.05, 4.69) is 0 Å². The Hall–Kier alpha value is -2.05. The zero-order chi connectivity index (χ0) is 17.6. The second-order valence-electron chi connectivity index (χ2n) is 6.15. The Morgan fingerprint density at radius 3 is 2.64 bits per heavy atom. The molecule has 25 heavy (non-hydrogen) atoms. The van der Waals surface area contributed by atoms with E-state index in [1.165, 1.54) is 0 Å². The smallest absolute Gasteiger partial charge is 0.246 e. The van der Waals surface area contributed by atoms with Crippen molar-refractivity contribution < 1.29 is 23.7 Å².